The summed E-state index contributed by atoms with van der Waals surface area (Å²) in [6.45, 7) is 0. The molecule has 3 aromatic rings. The smallest absolute Gasteiger partial charge is 0.306 e. The Morgan fingerprint density at radius 3 is 3.12 bits per heavy atom. The van der Waals surface area contributed by atoms with Gasteiger partial charge in [-0.25, -0.2) is 9.78 Å². The van der Waals surface area contributed by atoms with Gasteiger partial charge in [0.15, 0.2) is 0 Å². The number of nitrogens with one attached hydrogen (secondary N) is 1. The highest BCUT2D eigenvalue weighted by Crippen LogP contribution is 2.17. The Morgan fingerprint density at radius 2 is 2.31 bits per heavy atom. The molecule has 2 aromatic heterocycles. The van der Waals surface area contributed by atoms with Crippen molar-refractivity contribution in [1.29, 1.82) is 0 Å². The molecule has 0 aliphatic carbocycles. The minimum Gasteiger partial charge on any atom is -0.306 e. The Bertz CT molecular complexity index is 729. The van der Waals surface area contributed by atoms with Crippen LogP contribution in [0.4, 0.5) is 0 Å². The number of nitrogens with zero attached hydrogens (tertiary/aromatic N) is 2. The van der Waals surface area contributed by atoms with Crippen LogP contribution in [0.2, 0.25) is 0 Å². The number of hydrogen-bond acceptors (Lipinski definition) is 2. The van der Waals surface area contributed by atoms with E-state index < -0.39 is 0 Å². The standard InChI is InChI=1S/C11H8ClN3O/c12-6-7-1-2-8-9(5-7)14-11(16)15-4-3-13-10(8)15/h1-5H,6H2,(H,14,16). The van der Waals surface area contributed by atoms with Crippen LogP contribution in [-0.2, 0) is 5.88 Å². The van der Waals surface area contributed by atoms with Crippen molar-refractivity contribution in [3.63, 3.8) is 0 Å². The van der Waals surface area contributed by atoms with Crippen LogP contribution >= 0.6 is 11.6 Å². The lowest BCUT2D eigenvalue weighted by Gasteiger charge is -2.02. The molecular formula is C11H8ClN3O. The van der Waals surface area contributed by atoms with Crippen LogP contribution in [0.15, 0.2) is 35.4 Å². The third-order valence-corrected chi connectivity index (χ3v) is 2.89. The molecule has 16 heavy (non-hydrogen) atoms. The first kappa shape index (κ1) is 9.42. The third-order valence-electron chi connectivity index (χ3n) is 2.58. The summed E-state index contributed by atoms with van der Waals surface area (Å²) in [6.07, 6.45) is 3.25. The second-order valence-corrected chi connectivity index (χ2v) is 3.83. The summed E-state index contributed by atoms with van der Waals surface area (Å²) in [7, 11) is 0. The highest BCUT2D eigenvalue weighted by atomic mass is 35.5. The van der Waals surface area contributed by atoms with Gasteiger partial charge in [-0.15, -0.1) is 11.6 Å². The lowest BCUT2D eigenvalue weighted by Crippen LogP contribution is -2.15. The quantitative estimate of drug-likeness (QED) is 0.653. The van der Waals surface area contributed by atoms with Gasteiger partial charge in [-0.3, -0.25) is 4.40 Å². The average molecular weight is 234 g/mol. The summed E-state index contributed by atoms with van der Waals surface area (Å²) < 4.78 is 1.49. The summed E-state index contributed by atoms with van der Waals surface area (Å²) in [5.41, 5.74) is 2.22. The van der Waals surface area contributed by atoms with Gasteiger partial charge in [-0.1, -0.05) is 6.07 Å². The molecule has 1 aromatic carbocycles. The number of fused-ring (bicyclic) bond motifs is 3. The maximum Gasteiger partial charge on any atom is 0.331 e. The van der Waals surface area contributed by atoms with Crippen molar-refractivity contribution >= 4 is 28.2 Å². The lowest BCUT2D eigenvalue weighted by molar-refractivity contribution is 1.03. The molecule has 0 fully saturated rings. The van der Waals surface area contributed by atoms with Crippen LogP contribution in [0.3, 0.4) is 0 Å². The van der Waals surface area contributed by atoms with Crippen LogP contribution in [0.25, 0.3) is 16.6 Å². The molecule has 0 spiro atoms. The van der Waals surface area contributed by atoms with E-state index in [-0.39, 0.29) is 5.69 Å². The molecule has 0 radical (unpaired) electrons. The van der Waals surface area contributed by atoms with Gasteiger partial charge in [-0.2, -0.15) is 0 Å². The van der Waals surface area contributed by atoms with Crippen molar-refractivity contribution in [3.8, 4) is 0 Å². The van der Waals surface area contributed by atoms with Crippen LogP contribution < -0.4 is 5.69 Å². The maximum absolute atomic E-state index is 11.7. The first-order valence-electron chi connectivity index (χ1n) is 4.83. The van der Waals surface area contributed by atoms with Gasteiger partial charge in [-0.05, 0) is 17.7 Å². The topological polar surface area (TPSA) is 50.2 Å². The number of hydrogen-bond donors (Lipinski definition) is 1. The van der Waals surface area contributed by atoms with E-state index in [2.05, 4.69) is 9.97 Å². The third kappa shape index (κ3) is 1.23. The van der Waals surface area contributed by atoms with Crippen molar-refractivity contribution in [1.82, 2.24) is 14.4 Å². The predicted octanol–water partition coefficient (Wildman–Crippen LogP) is 1.91. The molecule has 0 aliphatic heterocycles. The van der Waals surface area contributed by atoms with Gasteiger partial charge < -0.3 is 4.98 Å². The lowest BCUT2D eigenvalue weighted by atomic mass is 10.2. The van der Waals surface area contributed by atoms with Gasteiger partial charge in [0, 0.05) is 23.7 Å². The number of alkyl halides is 1. The van der Waals surface area contributed by atoms with Crippen LogP contribution in [-0.4, -0.2) is 14.4 Å². The van der Waals surface area contributed by atoms with E-state index >= 15 is 0 Å². The Labute approximate surface area is 95.5 Å². The number of benzene rings is 1. The van der Waals surface area contributed by atoms with E-state index in [0.29, 0.717) is 11.5 Å². The molecular weight excluding hydrogens is 226 g/mol. The number of halogens is 1. The normalized spacial score (nSPS) is 11.3. The van der Waals surface area contributed by atoms with E-state index in [0.717, 1.165) is 16.5 Å². The number of imidazole rings is 1. The zero-order valence-corrected chi connectivity index (χ0v) is 9.03. The fourth-order valence-corrected chi connectivity index (χ4v) is 1.98. The molecule has 0 amide bonds. The minimum atomic E-state index is -0.188. The van der Waals surface area contributed by atoms with Crippen molar-refractivity contribution < 1.29 is 0 Å². The molecule has 1 N–H and O–H groups in total. The first-order valence-corrected chi connectivity index (χ1v) is 5.37. The maximum atomic E-state index is 11.7. The molecule has 0 saturated heterocycles. The van der Waals surface area contributed by atoms with Crippen molar-refractivity contribution in [3.05, 3.63) is 46.6 Å². The summed E-state index contributed by atoms with van der Waals surface area (Å²) >= 11 is 5.75. The second-order valence-electron chi connectivity index (χ2n) is 3.56. The van der Waals surface area contributed by atoms with Gasteiger partial charge in [0.1, 0.15) is 5.65 Å². The molecule has 4 nitrogen and oxygen atoms in total. The first-order chi connectivity index (χ1) is 7.79. The highest BCUT2D eigenvalue weighted by Gasteiger charge is 2.05. The molecule has 0 unspecified atom stereocenters. The monoisotopic (exact) mass is 233 g/mol. The Morgan fingerprint density at radius 1 is 1.44 bits per heavy atom. The molecule has 2 heterocycles. The number of aromatic nitrogens is 3. The second kappa shape index (κ2) is 3.35. The largest absolute Gasteiger partial charge is 0.331 e. The Kier molecular flexibility index (Phi) is 1.97. The SMILES string of the molecule is O=c1[nH]c2cc(CCl)ccc2c2nccn12. The average Bonchev–Trinajstić information content (AvgIpc) is 2.78. The zero-order valence-electron chi connectivity index (χ0n) is 8.27. The number of H-pyrrole nitrogens is 1. The fraction of sp³-hybridized carbons (Fsp3) is 0.0909. The number of aromatic amines is 1. The highest BCUT2D eigenvalue weighted by molar-refractivity contribution is 6.17. The van der Waals surface area contributed by atoms with Crippen LogP contribution in [0, 0.1) is 0 Å². The summed E-state index contributed by atoms with van der Waals surface area (Å²) in [4.78, 5) is 18.7. The van der Waals surface area contributed by atoms with Gasteiger partial charge in [0.2, 0.25) is 0 Å². The summed E-state index contributed by atoms with van der Waals surface area (Å²) in [5, 5.41) is 0.915. The van der Waals surface area contributed by atoms with Crippen molar-refractivity contribution in [2.75, 3.05) is 0 Å². The van der Waals surface area contributed by atoms with Gasteiger partial charge in [0.25, 0.3) is 0 Å². The molecule has 0 bridgehead atoms. The van der Waals surface area contributed by atoms with Crippen LogP contribution in [0.5, 0.6) is 0 Å². The molecule has 80 valence electrons. The number of rotatable bonds is 1. The molecule has 0 aliphatic rings. The summed E-state index contributed by atoms with van der Waals surface area (Å²) in [5.74, 6) is 0.428. The molecule has 0 saturated carbocycles. The van der Waals surface area contributed by atoms with Crippen molar-refractivity contribution in [2.24, 2.45) is 0 Å². The van der Waals surface area contributed by atoms with E-state index in [9.17, 15) is 4.79 Å². The zero-order chi connectivity index (χ0) is 11.1. The van der Waals surface area contributed by atoms with E-state index in [1.54, 1.807) is 12.4 Å². The molecule has 3 rings (SSSR count). The summed E-state index contributed by atoms with van der Waals surface area (Å²) in [6, 6.07) is 5.73. The molecule has 0 atom stereocenters. The fourth-order valence-electron chi connectivity index (χ4n) is 1.81. The van der Waals surface area contributed by atoms with E-state index in [1.807, 2.05) is 18.2 Å². The molecule has 5 heteroatoms. The Hall–Kier alpha value is -1.81. The van der Waals surface area contributed by atoms with Gasteiger partial charge in [0.05, 0.1) is 5.52 Å². The van der Waals surface area contributed by atoms with Crippen LogP contribution in [0.1, 0.15) is 5.56 Å². The van der Waals surface area contributed by atoms with Crippen molar-refractivity contribution in [2.45, 2.75) is 5.88 Å². The van der Waals surface area contributed by atoms with E-state index in [4.69, 9.17) is 11.6 Å². The Balaban J connectivity index is 2.53. The minimum absolute atomic E-state index is 0.188. The van der Waals surface area contributed by atoms with Gasteiger partial charge >= 0.3 is 5.69 Å². The predicted molar refractivity (Wildman–Crippen MR) is 62.9 cm³/mol. The van der Waals surface area contributed by atoms with E-state index in [1.165, 1.54) is 4.40 Å².